The molecule has 7 nitrogen and oxygen atoms in total. The number of likely N-dealkylation sites (tertiary alicyclic amines) is 1. The zero-order chi connectivity index (χ0) is 16.6. The number of nitrogens with one attached hydrogen (secondary N) is 1. The van der Waals surface area contributed by atoms with Gasteiger partial charge in [-0.2, -0.15) is 5.10 Å². The first kappa shape index (κ1) is 15.7. The number of imide groups is 1. The number of carbonyl (C=O) groups excluding carboxylic acids is 3. The molecule has 1 aliphatic heterocycles. The highest BCUT2D eigenvalue weighted by molar-refractivity contribution is 6.05. The molecule has 1 N–H and O–H groups in total. The van der Waals surface area contributed by atoms with Gasteiger partial charge >= 0.3 is 0 Å². The van der Waals surface area contributed by atoms with Crippen molar-refractivity contribution in [3.8, 4) is 0 Å². The number of aryl methyl sites for hydroxylation is 2. The Morgan fingerprint density at radius 2 is 1.87 bits per heavy atom. The monoisotopic (exact) mass is 318 g/mol. The van der Waals surface area contributed by atoms with Crippen molar-refractivity contribution in [2.24, 2.45) is 18.9 Å². The molecular weight excluding hydrogens is 296 g/mol. The van der Waals surface area contributed by atoms with E-state index in [2.05, 4.69) is 10.4 Å². The molecule has 0 bridgehead atoms. The second-order valence-electron chi connectivity index (χ2n) is 6.42. The van der Waals surface area contributed by atoms with Crippen LogP contribution in [-0.4, -0.2) is 38.9 Å². The van der Waals surface area contributed by atoms with Crippen LogP contribution in [0, 0.1) is 18.8 Å². The van der Waals surface area contributed by atoms with Gasteiger partial charge in [-0.25, -0.2) is 0 Å². The molecule has 3 rings (SSSR count). The SMILES string of the molecule is Cc1cc(NC(=O)CCN2C(=O)C3CCCCC3C2=O)n(C)n1. The van der Waals surface area contributed by atoms with Gasteiger partial charge in [-0.05, 0) is 19.8 Å². The quantitative estimate of drug-likeness (QED) is 0.846. The Labute approximate surface area is 135 Å². The Bertz CT molecular complexity index is 628. The van der Waals surface area contributed by atoms with E-state index in [1.807, 2.05) is 6.92 Å². The Kier molecular flexibility index (Phi) is 4.19. The minimum atomic E-state index is -0.219. The topological polar surface area (TPSA) is 84.3 Å². The fourth-order valence-electron chi connectivity index (χ4n) is 3.60. The Balaban J connectivity index is 1.57. The predicted octanol–water partition coefficient (Wildman–Crippen LogP) is 1.23. The van der Waals surface area contributed by atoms with Crippen molar-refractivity contribution in [2.45, 2.75) is 39.0 Å². The summed E-state index contributed by atoms with van der Waals surface area (Å²) in [6.07, 6.45) is 3.72. The maximum Gasteiger partial charge on any atom is 0.233 e. The second kappa shape index (κ2) is 6.14. The average Bonchev–Trinajstić information content (AvgIpc) is 2.96. The van der Waals surface area contributed by atoms with Crippen LogP contribution in [0.15, 0.2) is 6.07 Å². The Morgan fingerprint density at radius 3 is 2.39 bits per heavy atom. The Morgan fingerprint density at radius 1 is 1.26 bits per heavy atom. The molecule has 2 fully saturated rings. The van der Waals surface area contributed by atoms with Gasteiger partial charge in [0.05, 0.1) is 17.5 Å². The lowest BCUT2D eigenvalue weighted by Crippen LogP contribution is -2.34. The van der Waals surface area contributed by atoms with Crippen molar-refractivity contribution < 1.29 is 14.4 Å². The first-order valence-corrected chi connectivity index (χ1v) is 8.13. The molecule has 3 amide bonds. The zero-order valence-electron chi connectivity index (χ0n) is 13.5. The molecule has 124 valence electrons. The normalized spacial score (nSPS) is 24.0. The van der Waals surface area contributed by atoms with E-state index in [4.69, 9.17) is 0 Å². The highest BCUT2D eigenvalue weighted by Crippen LogP contribution is 2.37. The van der Waals surface area contributed by atoms with Gasteiger partial charge in [0.25, 0.3) is 0 Å². The highest BCUT2D eigenvalue weighted by Gasteiger charge is 2.47. The predicted molar refractivity (Wildman–Crippen MR) is 83.4 cm³/mol. The summed E-state index contributed by atoms with van der Waals surface area (Å²) < 4.78 is 1.59. The van der Waals surface area contributed by atoms with Gasteiger partial charge in [0.1, 0.15) is 5.82 Å². The smallest absolute Gasteiger partial charge is 0.233 e. The Hall–Kier alpha value is -2.18. The summed E-state index contributed by atoms with van der Waals surface area (Å²) in [5.74, 6) is -0.102. The molecule has 0 radical (unpaired) electrons. The van der Waals surface area contributed by atoms with Crippen LogP contribution in [0.2, 0.25) is 0 Å². The summed E-state index contributed by atoms with van der Waals surface area (Å²) in [5, 5.41) is 6.92. The fourth-order valence-corrected chi connectivity index (χ4v) is 3.60. The third kappa shape index (κ3) is 3.00. The lowest BCUT2D eigenvalue weighted by atomic mass is 9.81. The number of hydrogen-bond acceptors (Lipinski definition) is 4. The molecule has 1 saturated heterocycles. The van der Waals surface area contributed by atoms with E-state index in [9.17, 15) is 14.4 Å². The third-order valence-corrected chi connectivity index (χ3v) is 4.76. The lowest BCUT2D eigenvalue weighted by molar-refractivity contribution is -0.140. The van der Waals surface area contributed by atoms with Gasteiger partial charge in [-0.15, -0.1) is 0 Å². The molecule has 1 aromatic heterocycles. The number of amides is 3. The van der Waals surface area contributed by atoms with E-state index < -0.39 is 0 Å². The van der Waals surface area contributed by atoms with Gasteiger partial charge < -0.3 is 5.32 Å². The van der Waals surface area contributed by atoms with Gasteiger partial charge in [-0.1, -0.05) is 12.8 Å². The van der Waals surface area contributed by atoms with Crippen molar-refractivity contribution >= 4 is 23.5 Å². The highest BCUT2D eigenvalue weighted by atomic mass is 16.2. The first-order valence-electron chi connectivity index (χ1n) is 8.13. The summed E-state index contributed by atoms with van der Waals surface area (Å²) >= 11 is 0. The van der Waals surface area contributed by atoms with Crippen LogP contribution in [-0.2, 0) is 21.4 Å². The van der Waals surface area contributed by atoms with Crippen LogP contribution < -0.4 is 5.32 Å². The summed E-state index contributed by atoms with van der Waals surface area (Å²) in [6.45, 7) is 2.01. The molecule has 0 spiro atoms. The van der Waals surface area contributed by atoms with Crippen LogP contribution in [0.3, 0.4) is 0 Å². The van der Waals surface area contributed by atoms with E-state index in [0.717, 1.165) is 31.4 Å². The largest absolute Gasteiger partial charge is 0.311 e. The second-order valence-corrected chi connectivity index (χ2v) is 6.42. The summed E-state index contributed by atoms with van der Waals surface area (Å²) in [7, 11) is 1.75. The average molecular weight is 318 g/mol. The van der Waals surface area contributed by atoms with E-state index in [0.29, 0.717) is 5.82 Å². The van der Waals surface area contributed by atoms with Crippen LogP contribution in [0.4, 0.5) is 5.82 Å². The van der Waals surface area contributed by atoms with E-state index in [-0.39, 0.29) is 42.5 Å². The molecule has 1 aromatic rings. The number of carbonyl (C=O) groups is 3. The molecule has 0 aromatic carbocycles. The number of aromatic nitrogens is 2. The van der Waals surface area contributed by atoms with E-state index in [1.165, 1.54) is 4.90 Å². The van der Waals surface area contributed by atoms with Crippen LogP contribution in [0.5, 0.6) is 0 Å². The molecule has 1 aliphatic carbocycles. The number of nitrogens with zero attached hydrogens (tertiary/aromatic N) is 3. The molecule has 2 atom stereocenters. The first-order chi connectivity index (χ1) is 11.0. The summed E-state index contributed by atoms with van der Waals surface area (Å²) in [6, 6.07) is 1.78. The van der Waals surface area contributed by atoms with Crippen LogP contribution >= 0.6 is 0 Å². The van der Waals surface area contributed by atoms with Crippen molar-refractivity contribution in [2.75, 3.05) is 11.9 Å². The van der Waals surface area contributed by atoms with Gasteiger partial charge in [-0.3, -0.25) is 24.0 Å². The number of hydrogen-bond donors (Lipinski definition) is 1. The minimum Gasteiger partial charge on any atom is -0.311 e. The molecule has 2 unspecified atom stereocenters. The number of fused-ring (bicyclic) bond motifs is 1. The molecule has 2 heterocycles. The maximum atomic E-state index is 12.3. The van der Waals surface area contributed by atoms with Gasteiger partial charge in [0.2, 0.25) is 17.7 Å². The van der Waals surface area contributed by atoms with Crippen LogP contribution in [0.25, 0.3) is 0 Å². The summed E-state index contributed by atoms with van der Waals surface area (Å²) in [4.78, 5) is 38.0. The molecule has 7 heteroatoms. The van der Waals surface area contributed by atoms with Crippen molar-refractivity contribution in [3.05, 3.63) is 11.8 Å². The maximum absolute atomic E-state index is 12.3. The van der Waals surface area contributed by atoms with Crippen LogP contribution in [0.1, 0.15) is 37.8 Å². The molecular formula is C16H22N4O3. The van der Waals surface area contributed by atoms with Crippen molar-refractivity contribution in [1.29, 1.82) is 0 Å². The zero-order valence-corrected chi connectivity index (χ0v) is 13.5. The molecule has 1 saturated carbocycles. The van der Waals surface area contributed by atoms with Crippen molar-refractivity contribution in [1.82, 2.24) is 14.7 Å². The fraction of sp³-hybridized carbons (Fsp3) is 0.625. The van der Waals surface area contributed by atoms with Gasteiger partial charge in [0, 0.05) is 26.1 Å². The lowest BCUT2D eigenvalue weighted by Gasteiger charge is -2.19. The summed E-state index contributed by atoms with van der Waals surface area (Å²) in [5.41, 5.74) is 0.816. The third-order valence-electron chi connectivity index (χ3n) is 4.76. The van der Waals surface area contributed by atoms with Gasteiger partial charge in [0.15, 0.2) is 0 Å². The standard InChI is InChI=1S/C16H22N4O3/c1-10-9-13(19(2)18-10)17-14(21)7-8-20-15(22)11-5-3-4-6-12(11)16(20)23/h9,11-12H,3-8H2,1-2H3,(H,17,21). The molecule has 23 heavy (non-hydrogen) atoms. The number of rotatable bonds is 4. The molecule has 2 aliphatic rings. The van der Waals surface area contributed by atoms with E-state index >= 15 is 0 Å². The number of anilines is 1. The van der Waals surface area contributed by atoms with Crippen molar-refractivity contribution in [3.63, 3.8) is 0 Å². The van der Waals surface area contributed by atoms with E-state index in [1.54, 1.807) is 17.8 Å². The minimum absolute atomic E-state index is 0.0936.